The van der Waals surface area contributed by atoms with Crippen LogP contribution in [-0.2, 0) is 6.42 Å². The second kappa shape index (κ2) is 5.95. The summed E-state index contributed by atoms with van der Waals surface area (Å²) in [6.07, 6.45) is 4.15. The number of nitrogen functional groups attached to an aromatic ring is 1. The Morgan fingerprint density at radius 1 is 1.28 bits per heavy atom. The molecule has 0 amide bonds. The minimum atomic E-state index is -0.00734. The van der Waals surface area contributed by atoms with Crippen molar-refractivity contribution in [3.8, 4) is 0 Å². The van der Waals surface area contributed by atoms with Crippen molar-refractivity contribution < 1.29 is 0 Å². The summed E-state index contributed by atoms with van der Waals surface area (Å²) in [6, 6.07) is 9.76. The van der Waals surface area contributed by atoms with Gasteiger partial charge in [-0.1, -0.05) is 34.1 Å². The number of nitrogens with two attached hydrogens (primary N) is 2. The minimum Gasteiger partial charge on any atom is -0.398 e. The van der Waals surface area contributed by atoms with Gasteiger partial charge >= 0.3 is 0 Å². The van der Waals surface area contributed by atoms with E-state index < -0.39 is 0 Å². The molecule has 1 aromatic carbocycles. The molecule has 2 rings (SSSR count). The van der Waals surface area contributed by atoms with E-state index in [2.05, 4.69) is 26.3 Å². The van der Waals surface area contributed by atoms with Crippen LogP contribution in [0.3, 0.4) is 0 Å². The summed E-state index contributed by atoms with van der Waals surface area (Å²) in [6.45, 7) is 0. The molecule has 1 heterocycles. The fraction of sp³-hybridized carbons (Fsp3) is 0.154. The minimum absolute atomic E-state index is 0.00734. The molecule has 1 unspecified atom stereocenters. The normalized spacial score (nSPS) is 12.3. The average Bonchev–Trinajstić information content (AvgIpc) is 2.39. The Balaban J connectivity index is 2.26. The number of hydrogen-bond donors (Lipinski definition) is 3. The predicted octanol–water partition coefficient (Wildman–Crippen LogP) is 2.17. The van der Waals surface area contributed by atoms with Crippen molar-refractivity contribution in [1.82, 2.24) is 10.4 Å². The standard InChI is InChI=1S/C13H15BrN4/c14-11-4-2-1-3-10(11)13(18-16)7-9-8-17-6-5-12(9)15/h1-6,8,13,18H,7,16H2,(H2,15,17). The average molecular weight is 307 g/mol. The van der Waals surface area contributed by atoms with Crippen LogP contribution in [0.1, 0.15) is 17.2 Å². The number of nitrogens with zero attached hydrogens (tertiary/aromatic N) is 1. The molecule has 0 saturated carbocycles. The fourth-order valence-corrected chi connectivity index (χ4v) is 2.41. The fourth-order valence-electron chi connectivity index (χ4n) is 1.84. The van der Waals surface area contributed by atoms with Crippen molar-refractivity contribution in [2.24, 2.45) is 5.84 Å². The van der Waals surface area contributed by atoms with Crippen LogP contribution in [0, 0.1) is 0 Å². The number of pyridine rings is 1. The highest BCUT2D eigenvalue weighted by atomic mass is 79.9. The third-order valence-electron chi connectivity index (χ3n) is 2.85. The number of aromatic nitrogens is 1. The first-order valence-electron chi connectivity index (χ1n) is 5.61. The van der Waals surface area contributed by atoms with Crippen LogP contribution < -0.4 is 17.0 Å². The molecule has 4 nitrogen and oxygen atoms in total. The van der Waals surface area contributed by atoms with Gasteiger partial charge in [0.25, 0.3) is 0 Å². The highest BCUT2D eigenvalue weighted by molar-refractivity contribution is 9.10. The van der Waals surface area contributed by atoms with Gasteiger partial charge in [0, 0.05) is 22.6 Å². The lowest BCUT2D eigenvalue weighted by atomic mass is 9.99. The van der Waals surface area contributed by atoms with Crippen molar-refractivity contribution in [2.45, 2.75) is 12.5 Å². The van der Waals surface area contributed by atoms with Crippen LogP contribution in [0.25, 0.3) is 0 Å². The number of hydrazine groups is 1. The zero-order valence-corrected chi connectivity index (χ0v) is 11.4. The van der Waals surface area contributed by atoms with E-state index in [0.717, 1.165) is 21.3 Å². The summed E-state index contributed by atoms with van der Waals surface area (Å²) in [5, 5.41) is 0. The molecule has 0 aliphatic rings. The van der Waals surface area contributed by atoms with Crippen molar-refractivity contribution in [3.63, 3.8) is 0 Å². The van der Waals surface area contributed by atoms with Gasteiger partial charge in [0.15, 0.2) is 0 Å². The Bertz CT molecular complexity index is 530. The first-order chi connectivity index (χ1) is 8.72. The highest BCUT2D eigenvalue weighted by Gasteiger charge is 2.14. The second-order valence-corrected chi connectivity index (χ2v) is 4.87. The maximum Gasteiger partial charge on any atom is 0.0512 e. The van der Waals surface area contributed by atoms with E-state index in [4.69, 9.17) is 11.6 Å². The molecule has 0 aliphatic heterocycles. The van der Waals surface area contributed by atoms with E-state index >= 15 is 0 Å². The summed E-state index contributed by atoms with van der Waals surface area (Å²) in [7, 11) is 0. The number of benzene rings is 1. The summed E-state index contributed by atoms with van der Waals surface area (Å²) in [5.41, 5.74) is 11.6. The van der Waals surface area contributed by atoms with Gasteiger partial charge in [0.05, 0.1) is 6.04 Å². The Morgan fingerprint density at radius 2 is 2.06 bits per heavy atom. The molecule has 0 bridgehead atoms. The Kier molecular flexibility index (Phi) is 4.30. The first kappa shape index (κ1) is 13.0. The largest absolute Gasteiger partial charge is 0.398 e. The summed E-state index contributed by atoms with van der Waals surface area (Å²) < 4.78 is 1.02. The molecular weight excluding hydrogens is 292 g/mol. The van der Waals surface area contributed by atoms with E-state index in [1.54, 1.807) is 18.5 Å². The molecule has 18 heavy (non-hydrogen) atoms. The van der Waals surface area contributed by atoms with Gasteiger partial charge in [-0.3, -0.25) is 16.3 Å². The van der Waals surface area contributed by atoms with Crippen LogP contribution in [0.2, 0.25) is 0 Å². The van der Waals surface area contributed by atoms with Gasteiger partial charge in [0.2, 0.25) is 0 Å². The molecule has 0 spiro atoms. The van der Waals surface area contributed by atoms with E-state index in [1.807, 2.05) is 24.3 Å². The zero-order valence-electron chi connectivity index (χ0n) is 9.81. The summed E-state index contributed by atoms with van der Waals surface area (Å²) >= 11 is 3.53. The van der Waals surface area contributed by atoms with E-state index in [1.165, 1.54) is 0 Å². The monoisotopic (exact) mass is 306 g/mol. The topological polar surface area (TPSA) is 77.0 Å². The molecule has 0 aliphatic carbocycles. The van der Waals surface area contributed by atoms with Crippen LogP contribution in [0.5, 0.6) is 0 Å². The number of anilines is 1. The van der Waals surface area contributed by atoms with Gasteiger partial charge in [-0.05, 0) is 29.7 Å². The summed E-state index contributed by atoms with van der Waals surface area (Å²) in [4.78, 5) is 4.09. The Morgan fingerprint density at radius 3 is 2.72 bits per heavy atom. The smallest absolute Gasteiger partial charge is 0.0512 e. The van der Waals surface area contributed by atoms with E-state index in [9.17, 15) is 0 Å². The van der Waals surface area contributed by atoms with Crippen molar-refractivity contribution in [1.29, 1.82) is 0 Å². The highest BCUT2D eigenvalue weighted by Crippen LogP contribution is 2.26. The van der Waals surface area contributed by atoms with Crippen LogP contribution in [-0.4, -0.2) is 4.98 Å². The molecule has 0 fully saturated rings. The maximum atomic E-state index is 5.92. The molecule has 1 aromatic heterocycles. The molecule has 5 heteroatoms. The van der Waals surface area contributed by atoms with Gasteiger partial charge < -0.3 is 5.73 Å². The third kappa shape index (κ3) is 2.87. The summed E-state index contributed by atoms with van der Waals surface area (Å²) in [5.74, 6) is 5.64. The van der Waals surface area contributed by atoms with Gasteiger partial charge in [-0.2, -0.15) is 0 Å². The predicted molar refractivity (Wildman–Crippen MR) is 76.6 cm³/mol. The lowest BCUT2D eigenvalue weighted by Gasteiger charge is -2.18. The van der Waals surface area contributed by atoms with E-state index in [-0.39, 0.29) is 6.04 Å². The molecule has 2 aromatic rings. The lowest BCUT2D eigenvalue weighted by molar-refractivity contribution is 0.550. The quantitative estimate of drug-likeness (QED) is 0.597. The molecule has 5 N–H and O–H groups in total. The number of nitrogens with one attached hydrogen (secondary N) is 1. The van der Waals surface area contributed by atoms with Crippen LogP contribution in [0.15, 0.2) is 47.2 Å². The van der Waals surface area contributed by atoms with Crippen LogP contribution in [0.4, 0.5) is 5.69 Å². The lowest BCUT2D eigenvalue weighted by Crippen LogP contribution is -2.30. The van der Waals surface area contributed by atoms with Gasteiger partial charge in [-0.15, -0.1) is 0 Å². The molecule has 0 radical (unpaired) electrons. The molecule has 1 atom stereocenters. The SMILES string of the molecule is NNC(Cc1cnccc1N)c1ccccc1Br. The van der Waals surface area contributed by atoms with Crippen LogP contribution >= 0.6 is 15.9 Å². The van der Waals surface area contributed by atoms with Gasteiger partial charge in [0.1, 0.15) is 0 Å². The Labute approximate surface area is 115 Å². The maximum absolute atomic E-state index is 5.92. The molecule has 0 saturated heterocycles. The molecular formula is C13H15BrN4. The zero-order chi connectivity index (χ0) is 13.0. The van der Waals surface area contributed by atoms with Crippen molar-refractivity contribution in [3.05, 3.63) is 58.3 Å². The number of rotatable bonds is 4. The molecule has 94 valence electrons. The second-order valence-electron chi connectivity index (χ2n) is 4.02. The van der Waals surface area contributed by atoms with Crippen molar-refractivity contribution >= 4 is 21.6 Å². The first-order valence-corrected chi connectivity index (χ1v) is 6.40. The number of hydrogen-bond acceptors (Lipinski definition) is 4. The third-order valence-corrected chi connectivity index (χ3v) is 3.57. The Hall–Kier alpha value is -1.43. The van der Waals surface area contributed by atoms with Crippen molar-refractivity contribution in [2.75, 3.05) is 5.73 Å². The number of halogens is 1. The van der Waals surface area contributed by atoms with Gasteiger partial charge in [-0.25, -0.2) is 0 Å². The van der Waals surface area contributed by atoms with E-state index in [0.29, 0.717) is 6.42 Å².